The Morgan fingerprint density at radius 3 is 2.46 bits per heavy atom. The molecule has 1 fully saturated rings. The highest BCUT2D eigenvalue weighted by Crippen LogP contribution is 2.30. The number of hydrogen-bond acceptors (Lipinski definition) is 7. The van der Waals surface area contributed by atoms with Crippen LogP contribution in [0.2, 0.25) is 0 Å². The number of hydrogen-bond donors (Lipinski definition) is 2. The number of carbonyl (C=O) groups excluding carboxylic acids is 1. The summed E-state index contributed by atoms with van der Waals surface area (Å²) in [7, 11) is 2.16. The molecule has 8 heteroatoms. The van der Waals surface area contributed by atoms with Crippen LogP contribution < -0.4 is 10.6 Å². The number of aryl methyl sites for hydroxylation is 1. The van der Waals surface area contributed by atoms with E-state index in [4.69, 9.17) is 10.2 Å². The van der Waals surface area contributed by atoms with E-state index in [2.05, 4.69) is 40.5 Å². The zero-order valence-electron chi connectivity index (χ0n) is 22.3. The molecule has 1 aromatic heterocycles. The molecule has 198 valence electrons. The summed E-state index contributed by atoms with van der Waals surface area (Å²) in [5, 5.41) is 18.3. The molecule has 1 aliphatic rings. The van der Waals surface area contributed by atoms with Crippen molar-refractivity contribution < 1.29 is 4.79 Å². The first-order valence-corrected chi connectivity index (χ1v) is 14.1. The van der Waals surface area contributed by atoms with Gasteiger partial charge in [-0.2, -0.15) is 5.26 Å². The molecule has 4 aromatic rings. The van der Waals surface area contributed by atoms with Crippen LogP contribution in [0.25, 0.3) is 11.3 Å². The fraction of sp³-hybridized carbons (Fsp3) is 0.258. The molecule has 0 unspecified atom stereocenters. The van der Waals surface area contributed by atoms with Gasteiger partial charge in [-0.25, -0.2) is 4.98 Å². The molecule has 5 rings (SSSR count). The van der Waals surface area contributed by atoms with Gasteiger partial charge in [0, 0.05) is 60.6 Å². The van der Waals surface area contributed by atoms with Crippen molar-refractivity contribution in [2.75, 3.05) is 43.9 Å². The number of thiazole rings is 1. The van der Waals surface area contributed by atoms with E-state index < -0.39 is 0 Å². The Balaban J connectivity index is 1.24. The summed E-state index contributed by atoms with van der Waals surface area (Å²) >= 11 is 1.52. The van der Waals surface area contributed by atoms with Crippen LogP contribution in [0.4, 0.5) is 16.5 Å². The first-order valence-electron chi connectivity index (χ1n) is 13.2. The van der Waals surface area contributed by atoms with Crippen LogP contribution in [-0.2, 0) is 13.0 Å². The monoisotopic (exact) mass is 536 g/mol. The van der Waals surface area contributed by atoms with Crippen LogP contribution in [0.1, 0.15) is 34.0 Å². The van der Waals surface area contributed by atoms with Gasteiger partial charge in [-0.1, -0.05) is 37.3 Å². The molecule has 1 aliphatic heterocycles. The third kappa shape index (κ3) is 6.70. The third-order valence-electron chi connectivity index (χ3n) is 7.02. The second-order valence-corrected chi connectivity index (χ2v) is 10.7. The van der Waals surface area contributed by atoms with Gasteiger partial charge in [0.2, 0.25) is 0 Å². The van der Waals surface area contributed by atoms with Crippen LogP contribution in [0, 0.1) is 11.3 Å². The lowest BCUT2D eigenvalue weighted by atomic mass is 10.1. The maximum Gasteiger partial charge on any atom is 0.255 e. The van der Waals surface area contributed by atoms with Crippen LogP contribution in [0.5, 0.6) is 0 Å². The van der Waals surface area contributed by atoms with Crippen molar-refractivity contribution in [2.24, 2.45) is 0 Å². The number of nitrogens with one attached hydrogen (secondary N) is 2. The van der Waals surface area contributed by atoms with Gasteiger partial charge in [0.25, 0.3) is 5.91 Å². The number of aromatic nitrogens is 1. The molecule has 1 amide bonds. The molecule has 2 heterocycles. The molecule has 3 aromatic carbocycles. The topological polar surface area (TPSA) is 84.3 Å². The predicted octanol–water partition coefficient (Wildman–Crippen LogP) is 5.99. The average Bonchev–Trinajstić information content (AvgIpc) is 3.43. The molecule has 1 saturated heterocycles. The highest BCUT2D eigenvalue weighted by Gasteiger charge is 2.15. The molecule has 39 heavy (non-hydrogen) atoms. The quantitative estimate of drug-likeness (QED) is 0.288. The fourth-order valence-electron chi connectivity index (χ4n) is 4.60. The molecule has 0 atom stereocenters. The SMILES string of the molecule is CCc1ccc(NC(=O)c2ccc(CN3CCN(C)CC3)cc2)cc1Nc1nc(-c2ccc(C#N)cc2)cs1. The van der Waals surface area contributed by atoms with E-state index in [1.807, 2.05) is 60.0 Å². The van der Waals surface area contributed by atoms with Crippen LogP contribution >= 0.6 is 11.3 Å². The van der Waals surface area contributed by atoms with Crippen molar-refractivity contribution in [2.45, 2.75) is 19.9 Å². The van der Waals surface area contributed by atoms with Gasteiger partial charge in [0.1, 0.15) is 0 Å². The van der Waals surface area contributed by atoms with Gasteiger partial charge in [0.05, 0.1) is 17.3 Å². The standard InChI is InChI=1S/C31H32N6OS/c1-3-24-12-13-27(18-28(24)34-31-35-29(21-39-31)25-8-4-22(19-32)5-9-25)33-30(38)26-10-6-23(7-11-26)20-37-16-14-36(2)15-17-37/h4-13,18,21H,3,14-17,20H2,1-2H3,(H,33,38)(H,34,35). The van der Waals surface area contributed by atoms with E-state index in [1.54, 1.807) is 12.1 Å². The van der Waals surface area contributed by atoms with Crippen molar-refractivity contribution in [3.8, 4) is 17.3 Å². The Morgan fingerprint density at radius 2 is 1.77 bits per heavy atom. The molecular weight excluding hydrogens is 504 g/mol. The average molecular weight is 537 g/mol. The first kappa shape index (κ1) is 26.6. The van der Waals surface area contributed by atoms with Gasteiger partial charge in [0.15, 0.2) is 5.13 Å². The minimum absolute atomic E-state index is 0.131. The molecule has 0 saturated carbocycles. The maximum atomic E-state index is 13.0. The Kier molecular flexibility index (Phi) is 8.33. The van der Waals surface area contributed by atoms with Crippen LogP contribution in [0.15, 0.2) is 72.1 Å². The molecular formula is C31H32N6OS. The number of anilines is 3. The van der Waals surface area contributed by atoms with Crippen molar-refractivity contribution in [1.29, 1.82) is 5.26 Å². The number of nitriles is 1. The molecule has 0 radical (unpaired) electrons. The van der Waals surface area contributed by atoms with E-state index in [9.17, 15) is 4.79 Å². The van der Waals surface area contributed by atoms with E-state index in [0.717, 1.165) is 72.5 Å². The molecule has 2 N–H and O–H groups in total. The largest absolute Gasteiger partial charge is 0.331 e. The van der Waals surface area contributed by atoms with Crippen molar-refractivity contribution >= 4 is 33.8 Å². The lowest BCUT2D eigenvalue weighted by Gasteiger charge is -2.32. The van der Waals surface area contributed by atoms with Gasteiger partial charge in [-0.3, -0.25) is 9.69 Å². The van der Waals surface area contributed by atoms with Gasteiger partial charge >= 0.3 is 0 Å². The highest BCUT2D eigenvalue weighted by atomic mass is 32.1. The highest BCUT2D eigenvalue weighted by molar-refractivity contribution is 7.14. The third-order valence-corrected chi connectivity index (χ3v) is 7.78. The number of rotatable bonds is 8. The van der Waals surface area contributed by atoms with Crippen molar-refractivity contribution in [1.82, 2.24) is 14.8 Å². The minimum Gasteiger partial charge on any atom is -0.331 e. The van der Waals surface area contributed by atoms with E-state index in [-0.39, 0.29) is 5.91 Å². The van der Waals surface area contributed by atoms with Crippen LogP contribution in [-0.4, -0.2) is 53.9 Å². The zero-order valence-corrected chi connectivity index (χ0v) is 23.1. The Labute approximate surface area is 233 Å². The van der Waals surface area contributed by atoms with Gasteiger partial charge < -0.3 is 15.5 Å². The lowest BCUT2D eigenvalue weighted by molar-refractivity contribution is 0.102. The van der Waals surface area contributed by atoms with E-state index in [1.165, 1.54) is 16.9 Å². The maximum absolute atomic E-state index is 13.0. The Bertz CT molecular complexity index is 1460. The van der Waals surface area contributed by atoms with Gasteiger partial charge in [-0.15, -0.1) is 11.3 Å². The number of piperazine rings is 1. The Hall–Kier alpha value is -4.03. The summed E-state index contributed by atoms with van der Waals surface area (Å²) in [6, 6.07) is 23.4. The summed E-state index contributed by atoms with van der Waals surface area (Å²) in [5.41, 5.74) is 7.08. The van der Waals surface area contributed by atoms with Crippen molar-refractivity contribution in [3.05, 3.63) is 94.4 Å². The second kappa shape index (κ2) is 12.2. The number of carbonyl (C=O) groups is 1. The molecule has 7 nitrogen and oxygen atoms in total. The summed E-state index contributed by atoms with van der Waals surface area (Å²) in [5.74, 6) is -0.131. The fourth-order valence-corrected chi connectivity index (χ4v) is 5.33. The summed E-state index contributed by atoms with van der Waals surface area (Å²) in [4.78, 5) is 22.5. The normalized spacial score (nSPS) is 14.1. The second-order valence-electron chi connectivity index (χ2n) is 9.81. The van der Waals surface area contributed by atoms with E-state index in [0.29, 0.717) is 11.1 Å². The predicted molar refractivity (Wildman–Crippen MR) is 159 cm³/mol. The van der Waals surface area contributed by atoms with Crippen LogP contribution in [0.3, 0.4) is 0 Å². The summed E-state index contributed by atoms with van der Waals surface area (Å²) in [6.07, 6.45) is 0.846. The van der Waals surface area contributed by atoms with Crippen molar-refractivity contribution in [3.63, 3.8) is 0 Å². The van der Waals surface area contributed by atoms with Gasteiger partial charge in [-0.05, 0) is 61.0 Å². The first-order chi connectivity index (χ1) is 19.0. The molecule has 0 bridgehead atoms. The Morgan fingerprint density at radius 1 is 1.03 bits per heavy atom. The zero-order chi connectivity index (χ0) is 27.2. The van der Waals surface area contributed by atoms with E-state index >= 15 is 0 Å². The number of likely N-dealkylation sites (N-methyl/N-ethyl adjacent to an activating group) is 1. The summed E-state index contributed by atoms with van der Waals surface area (Å²) < 4.78 is 0. The number of nitrogens with zero attached hydrogens (tertiary/aromatic N) is 4. The number of amides is 1. The minimum atomic E-state index is -0.131. The smallest absolute Gasteiger partial charge is 0.255 e. The lowest BCUT2D eigenvalue weighted by Crippen LogP contribution is -2.43. The number of benzene rings is 3. The summed E-state index contributed by atoms with van der Waals surface area (Å²) in [6.45, 7) is 7.34. The molecule has 0 aliphatic carbocycles. The molecule has 0 spiro atoms.